The minimum Gasteiger partial charge on any atom is -0.456 e. The van der Waals surface area contributed by atoms with Gasteiger partial charge in [0.25, 0.3) is 0 Å². The van der Waals surface area contributed by atoms with Crippen molar-refractivity contribution in [2.75, 3.05) is 0 Å². The van der Waals surface area contributed by atoms with Crippen LogP contribution in [0.15, 0.2) is 133 Å². The SMILES string of the molecule is S=P12c3ccccc3Oc3cc(-c4ccc(-n5c6ccccc6c6ccccc65)cc4)cc(c31)Oc1ccccc12. The van der Waals surface area contributed by atoms with Crippen LogP contribution in [0.4, 0.5) is 0 Å². The van der Waals surface area contributed by atoms with Crippen LogP contribution in [0.3, 0.4) is 0 Å². The number of nitrogens with zero attached hydrogens (tertiary/aromatic N) is 1. The van der Waals surface area contributed by atoms with Gasteiger partial charge in [-0.1, -0.05) is 84.6 Å². The summed E-state index contributed by atoms with van der Waals surface area (Å²) >= 11 is 6.61. The molecule has 0 amide bonds. The normalized spacial score (nSPS) is 14.0. The Morgan fingerprint density at radius 1 is 0.488 bits per heavy atom. The quantitative estimate of drug-likeness (QED) is 0.197. The number of hydrogen-bond donors (Lipinski definition) is 0. The predicted molar refractivity (Wildman–Crippen MR) is 172 cm³/mol. The monoisotopic (exact) mass is 563 g/mol. The predicted octanol–water partition coefficient (Wildman–Crippen LogP) is 8.42. The van der Waals surface area contributed by atoms with Gasteiger partial charge in [0.1, 0.15) is 23.0 Å². The minimum atomic E-state index is -2.33. The van der Waals surface area contributed by atoms with Gasteiger partial charge in [-0.05, 0) is 71.8 Å². The third kappa shape index (κ3) is 3.18. The van der Waals surface area contributed by atoms with E-state index in [1.807, 2.05) is 36.4 Å². The van der Waals surface area contributed by atoms with Crippen LogP contribution >= 0.6 is 6.04 Å². The van der Waals surface area contributed by atoms with Gasteiger partial charge in [0, 0.05) is 27.1 Å². The molecule has 1 aromatic heterocycles. The van der Waals surface area contributed by atoms with E-state index in [-0.39, 0.29) is 0 Å². The lowest BCUT2D eigenvalue weighted by atomic mass is 10.0. The summed E-state index contributed by atoms with van der Waals surface area (Å²) in [5.74, 6) is 3.26. The van der Waals surface area contributed by atoms with E-state index in [2.05, 4.69) is 102 Å². The first-order chi connectivity index (χ1) is 20.2. The van der Waals surface area contributed by atoms with E-state index in [0.29, 0.717) is 0 Å². The first kappa shape index (κ1) is 23.1. The summed E-state index contributed by atoms with van der Waals surface area (Å²) in [6, 6.07) is 44.2. The molecule has 9 rings (SSSR count). The van der Waals surface area contributed by atoms with Crippen LogP contribution in [-0.4, -0.2) is 4.57 Å². The molecule has 3 heterocycles. The zero-order valence-electron chi connectivity index (χ0n) is 21.8. The Balaban J connectivity index is 1.21. The van der Waals surface area contributed by atoms with E-state index >= 15 is 0 Å². The van der Waals surface area contributed by atoms with Crippen LogP contribution in [0.2, 0.25) is 0 Å². The number of aromatic nitrogens is 1. The molecule has 3 nitrogen and oxygen atoms in total. The summed E-state index contributed by atoms with van der Waals surface area (Å²) in [5.41, 5.74) is 5.64. The lowest BCUT2D eigenvalue weighted by Gasteiger charge is -2.37. The van der Waals surface area contributed by atoms with Gasteiger partial charge in [0.2, 0.25) is 0 Å². The molecule has 41 heavy (non-hydrogen) atoms. The van der Waals surface area contributed by atoms with E-state index in [9.17, 15) is 0 Å². The van der Waals surface area contributed by atoms with Gasteiger partial charge in [-0.2, -0.15) is 0 Å². The number of fused-ring (bicyclic) bond motifs is 7. The highest BCUT2D eigenvalue weighted by Crippen LogP contribution is 2.59. The Kier molecular flexibility index (Phi) is 4.76. The third-order valence-corrected chi connectivity index (χ3v) is 13.1. The Morgan fingerprint density at radius 2 is 0.976 bits per heavy atom. The van der Waals surface area contributed by atoms with Gasteiger partial charge in [-0.3, -0.25) is 0 Å². The van der Waals surface area contributed by atoms with Crippen molar-refractivity contribution in [3.8, 4) is 39.8 Å². The fourth-order valence-corrected chi connectivity index (χ4v) is 10.9. The second kappa shape index (κ2) is 8.44. The van der Waals surface area contributed by atoms with Gasteiger partial charge in [-0.15, -0.1) is 0 Å². The molecular formula is C36H22NO2PS. The second-order valence-corrected chi connectivity index (χ2v) is 14.8. The van der Waals surface area contributed by atoms with Crippen molar-refractivity contribution >= 4 is 55.6 Å². The van der Waals surface area contributed by atoms with Gasteiger partial charge < -0.3 is 14.0 Å². The van der Waals surface area contributed by atoms with Crippen molar-refractivity contribution in [2.24, 2.45) is 0 Å². The molecule has 2 aliphatic heterocycles. The number of ether oxygens (including phenoxy) is 2. The molecule has 5 heteroatoms. The standard InChI is InChI=1S/C36H22NO2PS/c41-40-34-15-7-5-13-30(34)38-32-21-24(22-33(36(32)40)39-31-14-6-8-16-35(31)40)23-17-19-25(20-18-23)37-28-11-3-1-9-26(28)27-10-2-4-12-29(27)37/h1-22H. The summed E-state index contributed by atoms with van der Waals surface area (Å²) in [6.07, 6.45) is 0. The molecule has 0 unspecified atom stereocenters. The molecule has 0 N–H and O–H groups in total. The van der Waals surface area contributed by atoms with Crippen LogP contribution in [0.5, 0.6) is 23.0 Å². The summed E-state index contributed by atoms with van der Waals surface area (Å²) in [7, 11) is 0. The Hall–Kier alpha value is -4.63. The van der Waals surface area contributed by atoms with Crippen LogP contribution < -0.4 is 25.4 Å². The smallest absolute Gasteiger partial charge is 0.140 e. The number of para-hydroxylation sites is 4. The minimum absolute atomic E-state index is 0.792. The molecule has 0 atom stereocenters. The molecule has 0 aliphatic carbocycles. The largest absolute Gasteiger partial charge is 0.456 e. The van der Waals surface area contributed by atoms with Crippen LogP contribution in [-0.2, 0) is 11.8 Å². The summed E-state index contributed by atoms with van der Waals surface area (Å²) in [6.45, 7) is 0. The fourth-order valence-electron chi connectivity index (χ4n) is 6.43. The van der Waals surface area contributed by atoms with Crippen molar-refractivity contribution in [3.05, 3.63) is 133 Å². The van der Waals surface area contributed by atoms with Crippen LogP contribution in [0, 0.1) is 0 Å². The van der Waals surface area contributed by atoms with Crippen molar-refractivity contribution in [1.29, 1.82) is 0 Å². The van der Waals surface area contributed by atoms with Crippen LogP contribution in [0.25, 0.3) is 38.6 Å². The fraction of sp³-hybridized carbons (Fsp3) is 0. The maximum absolute atomic E-state index is 6.61. The highest BCUT2D eigenvalue weighted by molar-refractivity contribution is 8.26. The Bertz CT molecular complexity index is 2120. The average molecular weight is 564 g/mol. The molecule has 0 saturated carbocycles. The van der Waals surface area contributed by atoms with Crippen molar-refractivity contribution in [3.63, 3.8) is 0 Å². The first-order valence-corrected chi connectivity index (χ1v) is 16.4. The summed E-state index contributed by atoms with van der Waals surface area (Å²) < 4.78 is 15.4. The van der Waals surface area contributed by atoms with Crippen molar-refractivity contribution < 1.29 is 9.47 Å². The lowest BCUT2D eigenvalue weighted by Crippen LogP contribution is -2.34. The molecule has 7 aromatic rings. The highest BCUT2D eigenvalue weighted by atomic mass is 32.4. The van der Waals surface area contributed by atoms with E-state index in [1.54, 1.807) is 0 Å². The van der Waals surface area contributed by atoms with Crippen molar-refractivity contribution in [2.45, 2.75) is 0 Å². The van der Waals surface area contributed by atoms with Gasteiger partial charge in [0.05, 0.1) is 22.4 Å². The molecule has 0 fully saturated rings. The molecular weight excluding hydrogens is 541 g/mol. The molecule has 0 radical (unpaired) electrons. The van der Waals surface area contributed by atoms with Crippen molar-refractivity contribution in [1.82, 2.24) is 4.57 Å². The molecule has 0 saturated heterocycles. The van der Waals surface area contributed by atoms with Gasteiger partial charge in [-0.25, -0.2) is 0 Å². The number of hydrogen-bond acceptors (Lipinski definition) is 3. The number of benzene rings is 6. The Labute approximate surface area is 242 Å². The zero-order valence-corrected chi connectivity index (χ0v) is 23.5. The van der Waals surface area contributed by atoms with E-state index in [4.69, 9.17) is 21.3 Å². The van der Waals surface area contributed by atoms with Gasteiger partial charge in [0.15, 0.2) is 0 Å². The number of rotatable bonds is 2. The maximum Gasteiger partial charge on any atom is 0.140 e. The van der Waals surface area contributed by atoms with Gasteiger partial charge >= 0.3 is 0 Å². The topological polar surface area (TPSA) is 23.4 Å². The summed E-state index contributed by atoms with van der Waals surface area (Å²) in [4.78, 5) is 0. The summed E-state index contributed by atoms with van der Waals surface area (Å²) in [5, 5.41) is 5.69. The molecule has 0 bridgehead atoms. The lowest BCUT2D eigenvalue weighted by molar-refractivity contribution is 0.467. The average Bonchev–Trinajstić information content (AvgIpc) is 3.36. The first-order valence-electron chi connectivity index (χ1n) is 13.6. The third-order valence-electron chi connectivity index (χ3n) is 8.24. The zero-order chi connectivity index (χ0) is 27.1. The molecule has 6 aromatic carbocycles. The molecule has 0 spiro atoms. The van der Waals surface area contributed by atoms with Crippen LogP contribution in [0.1, 0.15) is 0 Å². The molecule has 194 valence electrons. The maximum atomic E-state index is 6.61. The van der Waals surface area contributed by atoms with E-state index in [0.717, 1.165) is 55.7 Å². The second-order valence-electron chi connectivity index (χ2n) is 10.5. The van der Waals surface area contributed by atoms with E-state index in [1.165, 1.54) is 21.8 Å². The highest BCUT2D eigenvalue weighted by Gasteiger charge is 2.42. The Morgan fingerprint density at radius 3 is 1.54 bits per heavy atom. The van der Waals surface area contributed by atoms with E-state index < -0.39 is 6.04 Å². The molecule has 2 aliphatic rings.